The maximum absolute atomic E-state index is 11.1. The summed E-state index contributed by atoms with van der Waals surface area (Å²) in [5.41, 5.74) is 2.28. The normalized spacial score (nSPS) is 22.5. The largest absolute Gasteiger partial charge is 0.480 e. The zero-order chi connectivity index (χ0) is 18.1. The van der Waals surface area contributed by atoms with Gasteiger partial charge in [-0.15, -0.1) is 11.3 Å². The molecular weight excluding hydrogens is 348 g/mol. The number of hydrogen-bond acceptors (Lipinski definition) is 5. The Kier molecular flexibility index (Phi) is 5.11. The second-order valence-corrected chi connectivity index (χ2v) is 8.57. The Morgan fingerprint density at radius 2 is 2.27 bits per heavy atom. The SMILES string of the molecule is Cn1cc(CNC2CC(N(CC(=O)O)CC3CC3)C2)c(-c2cccs2)n1. The molecule has 0 amide bonds. The van der Waals surface area contributed by atoms with Crippen molar-refractivity contribution in [1.82, 2.24) is 20.0 Å². The van der Waals surface area contributed by atoms with E-state index in [4.69, 9.17) is 5.11 Å². The predicted octanol–water partition coefficient (Wildman–Crippen LogP) is 2.57. The lowest BCUT2D eigenvalue weighted by Crippen LogP contribution is -2.54. The van der Waals surface area contributed by atoms with Crippen LogP contribution in [0.5, 0.6) is 0 Å². The van der Waals surface area contributed by atoms with Crippen molar-refractivity contribution in [1.29, 1.82) is 0 Å². The summed E-state index contributed by atoms with van der Waals surface area (Å²) in [6, 6.07) is 5.04. The highest BCUT2D eigenvalue weighted by Gasteiger charge is 2.36. The van der Waals surface area contributed by atoms with Crippen molar-refractivity contribution in [2.45, 2.75) is 44.3 Å². The van der Waals surface area contributed by atoms with Crippen LogP contribution in [0.25, 0.3) is 10.6 Å². The van der Waals surface area contributed by atoms with Gasteiger partial charge in [-0.3, -0.25) is 14.4 Å². The minimum Gasteiger partial charge on any atom is -0.480 e. The number of aliphatic carboxylic acids is 1. The average Bonchev–Trinajstić information content (AvgIpc) is 3.06. The lowest BCUT2D eigenvalue weighted by Gasteiger charge is -2.43. The molecule has 0 bridgehead atoms. The van der Waals surface area contributed by atoms with Crippen LogP contribution in [0, 0.1) is 5.92 Å². The molecule has 0 aromatic carbocycles. The van der Waals surface area contributed by atoms with Crippen LogP contribution in [0.3, 0.4) is 0 Å². The maximum atomic E-state index is 11.1. The summed E-state index contributed by atoms with van der Waals surface area (Å²) >= 11 is 1.71. The van der Waals surface area contributed by atoms with Crippen LogP contribution in [0.1, 0.15) is 31.2 Å². The molecule has 6 nitrogen and oxygen atoms in total. The third kappa shape index (κ3) is 4.16. The van der Waals surface area contributed by atoms with E-state index in [9.17, 15) is 4.79 Å². The summed E-state index contributed by atoms with van der Waals surface area (Å²) in [7, 11) is 1.96. The fourth-order valence-electron chi connectivity index (χ4n) is 3.74. The third-order valence-electron chi connectivity index (χ3n) is 5.40. The second-order valence-electron chi connectivity index (χ2n) is 7.62. The molecule has 0 unspecified atom stereocenters. The van der Waals surface area contributed by atoms with Gasteiger partial charge in [0.05, 0.1) is 11.4 Å². The first-order valence-corrected chi connectivity index (χ1v) is 10.2. The molecule has 0 spiro atoms. The molecule has 2 aromatic heterocycles. The lowest BCUT2D eigenvalue weighted by atomic mass is 9.85. The number of carboxylic acids is 1. The van der Waals surface area contributed by atoms with Gasteiger partial charge in [0.25, 0.3) is 0 Å². The first kappa shape index (κ1) is 17.7. The van der Waals surface area contributed by atoms with Gasteiger partial charge >= 0.3 is 5.97 Å². The van der Waals surface area contributed by atoms with Gasteiger partial charge in [-0.05, 0) is 43.0 Å². The molecule has 2 aliphatic carbocycles. The Labute approximate surface area is 157 Å². The van der Waals surface area contributed by atoms with Crippen LogP contribution < -0.4 is 5.32 Å². The Hall–Kier alpha value is -1.70. The van der Waals surface area contributed by atoms with E-state index < -0.39 is 5.97 Å². The van der Waals surface area contributed by atoms with Crippen molar-refractivity contribution in [3.05, 3.63) is 29.3 Å². The number of aromatic nitrogens is 2. The van der Waals surface area contributed by atoms with Crippen LogP contribution in [0.4, 0.5) is 0 Å². The predicted molar refractivity (Wildman–Crippen MR) is 102 cm³/mol. The molecule has 2 aliphatic rings. The summed E-state index contributed by atoms with van der Waals surface area (Å²) in [6.45, 7) is 1.94. The van der Waals surface area contributed by atoms with Crippen LogP contribution in [-0.2, 0) is 18.4 Å². The summed E-state index contributed by atoms with van der Waals surface area (Å²) in [6.07, 6.45) is 6.68. The number of carboxylic acid groups (broad SMARTS) is 1. The van der Waals surface area contributed by atoms with E-state index in [0.717, 1.165) is 37.5 Å². The number of hydrogen-bond donors (Lipinski definition) is 2. The number of thiophene rings is 1. The molecule has 2 N–H and O–H groups in total. The van der Waals surface area contributed by atoms with Crippen molar-refractivity contribution in [3.8, 4) is 10.6 Å². The first-order valence-electron chi connectivity index (χ1n) is 9.34. The quantitative estimate of drug-likeness (QED) is 0.706. The monoisotopic (exact) mass is 374 g/mol. The minimum atomic E-state index is -0.710. The Morgan fingerprint density at radius 3 is 2.92 bits per heavy atom. The van der Waals surface area contributed by atoms with Crippen molar-refractivity contribution in [2.24, 2.45) is 13.0 Å². The van der Waals surface area contributed by atoms with Crippen LogP contribution in [0.2, 0.25) is 0 Å². The third-order valence-corrected chi connectivity index (χ3v) is 6.27. The average molecular weight is 375 g/mol. The maximum Gasteiger partial charge on any atom is 0.317 e. The molecule has 2 heterocycles. The fraction of sp³-hybridized carbons (Fsp3) is 0.579. The molecule has 0 atom stereocenters. The van der Waals surface area contributed by atoms with Crippen molar-refractivity contribution in [3.63, 3.8) is 0 Å². The van der Waals surface area contributed by atoms with Crippen LogP contribution >= 0.6 is 11.3 Å². The molecule has 7 heteroatoms. The summed E-state index contributed by atoms with van der Waals surface area (Å²) < 4.78 is 1.87. The lowest BCUT2D eigenvalue weighted by molar-refractivity contribution is -0.139. The molecule has 0 radical (unpaired) electrons. The molecule has 140 valence electrons. The minimum absolute atomic E-state index is 0.180. The Morgan fingerprint density at radius 1 is 1.46 bits per heavy atom. The van der Waals surface area contributed by atoms with E-state index >= 15 is 0 Å². The summed E-state index contributed by atoms with van der Waals surface area (Å²) in [5.74, 6) is 0.0168. The van der Waals surface area contributed by atoms with Crippen LogP contribution in [-0.4, -0.2) is 50.9 Å². The summed E-state index contributed by atoms with van der Waals surface area (Å²) in [4.78, 5) is 14.5. The highest BCUT2D eigenvalue weighted by molar-refractivity contribution is 7.13. The van der Waals surface area contributed by atoms with Gasteiger partial charge in [0.2, 0.25) is 0 Å². The topological polar surface area (TPSA) is 70.4 Å². The fourth-order valence-corrected chi connectivity index (χ4v) is 4.49. The Balaban J connectivity index is 1.30. The number of carbonyl (C=O) groups is 1. The molecule has 0 saturated heterocycles. The van der Waals surface area contributed by atoms with Crippen molar-refractivity contribution < 1.29 is 9.90 Å². The van der Waals surface area contributed by atoms with Gasteiger partial charge in [0.15, 0.2) is 0 Å². The number of aryl methyl sites for hydroxylation is 1. The van der Waals surface area contributed by atoms with Gasteiger partial charge in [-0.25, -0.2) is 0 Å². The molecule has 2 saturated carbocycles. The first-order chi connectivity index (χ1) is 12.6. The van der Waals surface area contributed by atoms with E-state index in [0.29, 0.717) is 12.1 Å². The molecular formula is C19H26N4O2S. The Bertz CT molecular complexity index is 748. The smallest absolute Gasteiger partial charge is 0.317 e. The molecule has 0 aliphatic heterocycles. The zero-order valence-electron chi connectivity index (χ0n) is 15.1. The van der Waals surface area contributed by atoms with Gasteiger partial charge in [-0.1, -0.05) is 6.07 Å². The number of nitrogens with zero attached hydrogens (tertiary/aromatic N) is 3. The molecule has 26 heavy (non-hydrogen) atoms. The number of nitrogens with one attached hydrogen (secondary N) is 1. The van der Waals surface area contributed by atoms with E-state index in [2.05, 4.69) is 39.0 Å². The van der Waals surface area contributed by atoms with Crippen molar-refractivity contribution in [2.75, 3.05) is 13.1 Å². The van der Waals surface area contributed by atoms with Gasteiger partial charge < -0.3 is 10.4 Å². The van der Waals surface area contributed by atoms with E-state index in [-0.39, 0.29) is 6.54 Å². The van der Waals surface area contributed by atoms with Crippen molar-refractivity contribution >= 4 is 17.3 Å². The zero-order valence-corrected chi connectivity index (χ0v) is 15.9. The highest BCUT2D eigenvalue weighted by atomic mass is 32.1. The van der Waals surface area contributed by atoms with Gasteiger partial charge in [0.1, 0.15) is 5.69 Å². The van der Waals surface area contributed by atoms with Gasteiger partial charge in [0, 0.05) is 44.0 Å². The second kappa shape index (κ2) is 7.50. The molecule has 2 fully saturated rings. The standard InChI is InChI=1S/C19H26N4O2S/c1-22-11-14(19(21-22)17-3-2-6-26-17)9-20-15-7-16(8-15)23(12-18(24)25)10-13-4-5-13/h2-3,6,11,13,15-16,20H,4-5,7-10,12H2,1H3,(H,24,25). The van der Waals surface area contributed by atoms with Gasteiger partial charge in [-0.2, -0.15) is 5.10 Å². The van der Waals surface area contributed by atoms with E-state index in [1.54, 1.807) is 11.3 Å². The molecule has 2 aromatic rings. The summed E-state index contributed by atoms with van der Waals surface area (Å²) in [5, 5.41) is 19.5. The van der Waals surface area contributed by atoms with E-state index in [1.165, 1.54) is 23.3 Å². The number of rotatable bonds is 9. The highest BCUT2D eigenvalue weighted by Crippen LogP contribution is 2.34. The van der Waals surface area contributed by atoms with Crippen LogP contribution in [0.15, 0.2) is 23.7 Å². The van der Waals surface area contributed by atoms with E-state index in [1.807, 2.05) is 11.7 Å². The molecule has 4 rings (SSSR count).